The van der Waals surface area contributed by atoms with Gasteiger partial charge in [-0.25, -0.2) is 9.59 Å². The minimum atomic E-state index is -4.53. The molecule has 0 aliphatic carbocycles. The molecule has 26 heteroatoms. The van der Waals surface area contributed by atoms with Gasteiger partial charge < -0.3 is 20.4 Å². The van der Waals surface area contributed by atoms with E-state index in [1.807, 2.05) is 86.0 Å². The van der Waals surface area contributed by atoms with Crippen LogP contribution in [0.1, 0.15) is 48.8 Å². The molecule has 0 atom stereocenters. The van der Waals surface area contributed by atoms with Crippen molar-refractivity contribution in [3.8, 4) is 0 Å². The van der Waals surface area contributed by atoms with Crippen LogP contribution in [0.4, 0.5) is 55.8 Å². The van der Waals surface area contributed by atoms with E-state index in [9.17, 15) is 45.5 Å². The van der Waals surface area contributed by atoms with Crippen LogP contribution in [0.25, 0.3) is 0 Å². The lowest BCUT2D eigenvalue weighted by Gasteiger charge is -2.17. The Balaban J connectivity index is 0.000000414. The molecule has 0 saturated carbocycles. The van der Waals surface area contributed by atoms with Crippen molar-refractivity contribution in [1.29, 1.82) is 0 Å². The van der Waals surface area contributed by atoms with Crippen molar-refractivity contribution in [1.82, 2.24) is 40.8 Å². The summed E-state index contributed by atoms with van der Waals surface area (Å²) in [4.78, 5) is 51.0. The molecule has 2 aromatic heterocycles. The molecule has 0 aliphatic heterocycles. The lowest BCUT2D eigenvalue weighted by atomic mass is 10.2. The Kier molecular flexibility index (Phi) is 25.1. The van der Waals surface area contributed by atoms with E-state index >= 15 is 0 Å². The van der Waals surface area contributed by atoms with Gasteiger partial charge in [-0.2, -0.15) is 26.3 Å². The number of thioether (sulfide) groups is 2. The second-order valence-corrected chi connectivity index (χ2v) is 16.3. The van der Waals surface area contributed by atoms with Gasteiger partial charge in [-0.1, -0.05) is 93.7 Å². The zero-order valence-electron chi connectivity index (χ0n) is 34.7. The SMILES string of the molecule is CCN(CC)C(=O)SCc1ccc(Cl)cc1.CCN(CC)C(=O)SCc1ccc(Cl)cc1.CNC(=O)N(C)c1nnc(C(F)(F)F)s1.CNC(=O)N(C)c1nnc(C(F)(F)F)s1. The summed E-state index contributed by atoms with van der Waals surface area (Å²) in [5.74, 6) is 1.40. The third-order valence-corrected chi connectivity index (χ3v) is 12.1. The van der Waals surface area contributed by atoms with Gasteiger partial charge in [0.25, 0.3) is 10.5 Å². The van der Waals surface area contributed by atoms with Gasteiger partial charge in [0.1, 0.15) is 0 Å². The van der Waals surface area contributed by atoms with Crippen LogP contribution in [0.2, 0.25) is 10.0 Å². The quantitative estimate of drug-likeness (QED) is 0.147. The maximum atomic E-state index is 12.1. The average Bonchev–Trinajstić information content (AvgIpc) is 3.96. The molecule has 62 heavy (non-hydrogen) atoms. The van der Waals surface area contributed by atoms with Gasteiger partial charge in [-0.15, -0.1) is 20.4 Å². The zero-order chi connectivity index (χ0) is 47.2. The molecule has 2 N–H and O–H groups in total. The molecule has 4 aromatic rings. The van der Waals surface area contributed by atoms with Crippen LogP contribution in [-0.2, 0) is 23.9 Å². The van der Waals surface area contributed by atoms with Gasteiger partial charge in [-0.05, 0) is 63.1 Å². The van der Waals surface area contributed by atoms with E-state index in [1.165, 1.54) is 51.7 Å². The first-order valence-corrected chi connectivity index (χ1v) is 22.5. The first-order valence-electron chi connectivity index (χ1n) is 18.1. The Hall–Kier alpha value is -4.10. The fourth-order valence-corrected chi connectivity index (χ4v) is 7.48. The van der Waals surface area contributed by atoms with Crippen molar-refractivity contribution >= 4 is 102 Å². The number of hydrogen-bond acceptors (Lipinski definition) is 12. The van der Waals surface area contributed by atoms with Crippen LogP contribution in [0.3, 0.4) is 0 Å². The lowest BCUT2D eigenvalue weighted by Crippen LogP contribution is -2.34. The topological polar surface area (TPSA) is 157 Å². The number of urea groups is 2. The van der Waals surface area contributed by atoms with E-state index in [1.54, 1.807) is 0 Å². The first kappa shape index (κ1) is 55.9. The predicted octanol–water partition coefficient (Wildman–Crippen LogP) is 10.7. The molecule has 4 rings (SSSR count). The van der Waals surface area contributed by atoms with Gasteiger partial charge >= 0.3 is 24.4 Å². The van der Waals surface area contributed by atoms with Crippen molar-refractivity contribution in [2.75, 3.05) is 64.2 Å². The second kappa shape index (κ2) is 27.9. The standard InChI is InChI=1S/2C12H16ClNOS.2C6H7F3N4OS/c2*1-3-14(4-2)12(15)16-9-10-5-7-11(13)8-6-10;2*1-10-4(14)13(2)5-12-11-3(15-5)6(7,8)9/h2*5-8H,3-4,9H2,1-2H3;2*1-2H3,(H,10,14). The Labute approximate surface area is 382 Å². The Morgan fingerprint density at radius 3 is 1.10 bits per heavy atom. The largest absolute Gasteiger partial charge is 0.445 e. The average molecular weight is 996 g/mol. The highest BCUT2D eigenvalue weighted by atomic mass is 35.5. The molecule has 0 unspecified atom stereocenters. The van der Waals surface area contributed by atoms with Crippen molar-refractivity contribution in [2.24, 2.45) is 0 Å². The van der Waals surface area contributed by atoms with Crippen LogP contribution in [0.5, 0.6) is 0 Å². The van der Waals surface area contributed by atoms with Crippen LogP contribution in [0.15, 0.2) is 48.5 Å². The van der Waals surface area contributed by atoms with Crippen molar-refractivity contribution < 1.29 is 45.5 Å². The summed E-state index contributed by atoms with van der Waals surface area (Å²) in [7, 11) is 5.34. The fraction of sp³-hybridized carbons (Fsp3) is 0.444. The number of carbonyl (C=O) groups excluding carboxylic acids is 4. The van der Waals surface area contributed by atoms with Gasteiger partial charge in [0, 0.05) is 75.9 Å². The third-order valence-electron chi connectivity index (χ3n) is 7.52. The number of anilines is 2. The normalized spacial score (nSPS) is 10.7. The van der Waals surface area contributed by atoms with E-state index in [0.29, 0.717) is 34.2 Å². The predicted molar refractivity (Wildman–Crippen MR) is 238 cm³/mol. The number of nitrogens with zero attached hydrogens (tertiary/aromatic N) is 8. The van der Waals surface area contributed by atoms with E-state index < -0.39 is 34.4 Å². The van der Waals surface area contributed by atoms with Crippen LogP contribution in [0, 0.1) is 0 Å². The number of benzene rings is 2. The number of rotatable bonds is 10. The molecule has 0 saturated heterocycles. The monoisotopic (exact) mass is 994 g/mol. The molecule has 344 valence electrons. The number of halogens is 8. The lowest BCUT2D eigenvalue weighted by molar-refractivity contribution is -0.138. The van der Waals surface area contributed by atoms with Crippen LogP contribution < -0.4 is 20.4 Å². The van der Waals surface area contributed by atoms with E-state index in [4.69, 9.17) is 23.2 Å². The molecule has 6 amide bonds. The highest BCUT2D eigenvalue weighted by Crippen LogP contribution is 2.35. The summed E-state index contributed by atoms with van der Waals surface area (Å²) in [6.45, 7) is 11.0. The molecular weight excluding hydrogens is 950 g/mol. The summed E-state index contributed by atoms with van der Waals surface area (Å²) in [5.41, 5.74) is 2.24. The number of carbonyl (C=O) groups is 4. The summed E-state index contributed by atoms with van der Waals surface area (Å²) >= 11 is 14.9. The molecule has 0 radical (unpaired) electrons. The number of hydrogen-bond donors (Lipinski definition) is 2. The van der Waals surface area contributed by atoms with Crippen molar-refractivity contribution in [2.45, 2.75) is 51.6 Å². The molecule has 2 aromatic carbocycles. The van der Waals surface area contributed by atoms with E-state index in [2.05, 4.69) is 31.0 Å². The van der Waals surface area contributed by atoms with E-state index in [0.717, 1.165) is 57.2 Å². The number of aromatic nitrogens is 4. The summed E-state index contributed by atoms with van der Waals surface area (Å²) in [5, 5.41) is 16.3. The number of nitrogens with one attached hydrogen (secondary N) is 2. The van der Waals surface area contributed by atoms with Gasteiger partial charge in [0.05, 0.1) is 0 Å². The van der Waals surface area contributed by atoms with E-state index in [-0.39, 0.29) is 20.7 Å². The summed E-state index contributed by atoms with van der Waals surface area (Å²) < 4.78 is 72.8. The third kappa shape index (κ3) is 19.9. The van der Waals surface area contributed by atoms with Gasteiger partial charge in [0.2, 0.25) is 20.3 Å². The highest BCUT2D eigenvalue weighted by molar-refractivity contribution is 8.13. The zero-order valence-corrected chi connectivity index (χ0v) is 39.5. The Bertz CT molecular complexity index is 1830. The maximum Gasteiger partial charge on any atom is 0.445 e. The molecule has 0 bridgehead atoms. The van der Waals surface area contributed by atoms with Gasteiger partial charge in [0.15, 0.2) is 0 Å². The summed E-state index contributed by atoms with van der Waals surface area (Å²) in [6.07, 6.45) is -9.06. The first-order chi connectivity index (χ1) is 29.1. The molecule has 0 aliphatic rings. The highest BCUT2D eigenvalue weighted by Gasteiger charge is 2.37. The molecule has 0 fully saturated rings. The second-order valence-electron chi connectivity index (χ2n) is 11.7. The smallest absolute Gasteiger partial charge is 0.341 e. The number of alkyl halides is 6. The Morgan fingerprint density at radius 2 is 0.871 bits per heavy atom. The van der Waals surface area contributed by atoms with Crippen molar-refractivity contribution in [3.05, 3.63) is 79.7 Å². The minimum absolute atomic E-state index is 0.110. The molecule has 2 heterocycles. The molecular formula is C36H46Cl2F6N10O4S4. The van der Waals surface area contributed by atoms with Crippen molar-refractivity contribution in [3.63, 3.8) is 0 Å². The van der Waals surface area contributed by atoms with Crippen LogP contribution in [-0.4, -0.2) is 107 Å². The van der Waals surface area contributed by atoms with Crippen LogP contribution >= 0.6 is 69.4 Å². The molecule has 14 nitrogen and oxygen atoms in total. The summed E-state index contributed by atoms with van der Waals surface area (Å²) in [6, 6.07) is 14.1. The Morgan fingerprint density at radius 1 is 0.581 bits per heavy atom. The fourth-order valence-electron chi connectivity index (χ4n) is 4.04. The van der Waals surface area contributed by atoms with Gasteiger partial charge in [-0.3, -0.25) is 19.4 Å². The number of amides is 6. The molecule has 0 spiro atoms. The maximum absolute atomic E-state index is 12.1. The minimum Gasteiger partial charge on any atom is -0.341 e.